The van der Waals surface area contributed by atoms with E-state index in [0.717, 1.165) is 6.54 Å². The number of quaternary nitrogens is 1. The van der Waals surface area contributed by atoms with Crippen LogP contribution < -0.4 is 0 Å². The van der Waals surface area contributed by atoms with Crippen LogP contribution in [0.1, 0.15) is 34.1 Å². The molecule has 0 aliphatic rings. The Kier molecular flexibility index (Phi) is 7.07. The summed E-state index contributed by atoms with van der Waals surface area (Å²) >= 11 is 0. The molecule has 0 aromatic carbocycles. The third-order valence-corrected chi connectivity index (χ3v) is 8.25. The van der Waals surface area contributed by atoms with Crippen molar-refractivity contribution in [3.05, 3.63) is 0 Å². The van der Waals surface area contributed by atoms with Gasteiger partial charge >= 0.3 is 5.97 Å². The minimum Gasteiger partial charge on any atom is -0.436 e. The van der Waals surface area contributed by atoms with Gasteiger partial charge in [-0.2, -0.15) is 0 Å². The summed E-state index contributed by atoms with van der Waals surface area (Å²) < 4.78 is 11.9. The number of likely N-dealkylation sites (N-methyl/N-ethyl adjacent to an activating group) is 1. The van der Waals surface area contributed by atoms with Crippen LogP contribution in [0.2, 0.25) is 18.1 Å². The normalized spacial score (nSPS) is 16.5. The van der Waals surface area contributed by atoms with Gasteiger partial charge < -0.3 is 18.8 Å². The van der Waals surface area contributed by atoms with E-state index in [1.807, 2.05) is 0 Å². The van der Waals surface area contributed by atoms with Crippen molar-refractivity contribution in [2.45, 2.75) is 64.6 Å². The summed E-state index contributed by atoms with van der Waals surface area (Å²) in [5.74, 6) is -0.415. The van der Waals surface area contributed by atoms with Gasteiger partial charge in [-0.25, -0.2) is 0 Å². The molecular weight excluding hydrogens is 286 g/mol. The molecule has 0 amide bonds. The highest BCUT2D eigenvalue weighted by molar-refractivity contribution is 6.74. The van der Waals surface area contributed by atoms with E-state index in [9.17, 15) is 4.79 Å². The predicted octanol–water partition coefficient (Wildman–Crippen LogP) is 2.35. The minimum absolute atomic E-state index is 0.0876. The molecular formula is C15H34NO4Si+. The van der Waals surface area contributed by atoms with Crippen LogP contribution in [0.4, 0.5) is 0 Å². The molecule has 6 heteroatoms. The van der Waals surface area contributed by atoms with Crippen LogP contribution in [0.3, 0.4) is 0 Å². The lowest BCUT2D eigenvalue weighted by Crippen LogP contribution is -2.50. The summed E-state index contributed by atoms with van der Waals surface area (Å²) in [6, 6.07) is 0. The molecule has 0 saturated carbocycles. The lowest BCUT2D eigenvalue weighted by atomic mass is 10.2. The van der Waals surface area contributed by atoms with Crippen molar-refractivity contribution in [1.29, 1.82) is 0 Å². The SMILES string of the molecule is CC(O)OC(=O)CC(C[N+](C)(C)C)O[Si](C)(C)C(C)(C)C. The lowest BCUT2D eigenvalue weighted by Gasteiger charge is -2.40. The van der Waals surface area contributed by atoms with Gasteiger partial charge in [-0.1, -0.05) is 20.8 Å². The number of aliphatic hydroxyl groups excluding tert-OH is 1. The van der Waals surface area contributed by atoms with E-state index in [-0.39, 0.29) is 17.6 Å². The first-order chi connectivity index (χ1) is 9.14. The highest BCUT2D eigenvalue weighted by Gasteiger charge is 2.40. The number of carbonyl (C=O) groups is 1. The smallest absolute Gasteiger partial charge is 0.310 e. The molecule has 0 aliphatic carbocycles. The fourth-order valence-electron chi connectivity index (χ4n) is 1.77. The van der Waals surface area contributed by atoms with Crippen molar-refractivity contribution in [2.24, 2.45) is 0 Å². The summed E-state index contributed by atoms with van der Waals surface area (Å²) in [6.45, 7) is 13.0. The average Bonchev–Trinajstić information content (AvgIpc) is 2.08. The monoisotopic (exact) mass is 320 g/mol. The Balaban J connectivity index is 4.95. The van der Waals surface area contributed by atoms with Crippen LogP contribution >= 0.6 is 0 Å². The molecule has 0 bridgehead atoms. The van der Waals surface area contributed by atoms with Gasteiger partial charge in [0.05, 0.1) is 27.6 Å². The van der Waals surface area contributed by atoms with Gasteiger partial charge in [0.2, 0.25) is 0 Å². The van der Waals surface area contributed by atoms with Crippen LogP contribution in [-0.2, 0) is 14.0 Å². The van der Waals surface area contributed by atoms with Gasteiger partial charge in [0.15, 0.2) is 14.6 Å². The molecule has 0 spiro atoms. The maximum absolute atomic E-state index is 11.8. The first-order valence-electron chi connectivity index (χ1n) is 7.50. The number of carbonyl (C=O) groups excluding carboxylic acids is 1. The van der Waals surface area contributed by atoms with Gasteiger partial charge in [0.1, 0.15) is 12.6 Å². The largest absolute Gasteiger partial charge is 0.436 e. The highest BCUT2D eigenvalue weighted by Crippen LogP contribution is 2.37. The summed E-state index contributed by atoms with van der Waals surface area (Å²) in [7, 11) is 4.26. The first-order valence-corrected chi connectivity index (χ1v) is 10.4. The van der Waals surface area contributed by atoms with E-state index in [4.69, 9.17) is 14.3 Å². The summed E-state index contributed by atoms with van der Waals surface area (Å²) in [6.07, 6.45) is -1.10. The lowest BCUT2D eigenvalue weighted by molar-refractivity contribution is -0.873. The van der Waals surface area contributed by atoms with E-state index >= 15 is 0 Å². The number of hydrogen-bond donors (Lipinski definition) is 1. The zero-order valence-electron chi connectivity index (χ0n) is 15.2. The van der Waals surface area contributed by atoms with Gasteiger partial charge in [-0.3, -0.25) is 4.79 Å². The molecule has 0 rings (SSSR count). The third-order valence-electron chi connectivity index (χ3n) is 3.72. The molecule has 5 nitrogen and oxygen atoms in total. The molecule has 2 unspecified atom stereocenters. The Morgan fingerprint density at radius 2 is 1.71 bits per heavy atom. The fourth-order valence-corrected chi connectivity index (χ4v) is 3.12. The zero-order valence-corrected chi connectivity index (χ0v) is 16.2. The van der Waals surface area contributed by atoms with Crippen molar-refractivity contribution in [3.8, 4) is 0 Å². The van der Waals surface area contributed by atoms with Gasteiger partial charge in [-0.15, -0.1) is 0 Å². The molecule has 0 aromatic heterocycles. The number of aliphatic hydroxyl groups is 1. The van der Waals surface area contributed by atoms with E-state index in [1.54, 1.807) is 0 Å². The van der Waals surface area contributed by atoms with Crippen molar-refractivity contribution in [1.82, 2.24) is 0 Å². The van der Waals surface area contributed by atoms with Crippen LogP contribution in [-0.4, -0.2) is 64.0 Å². The van der Waals surface area contributed by atoms with E-state index in [2.05, 4.69) is 55.0 Å². The van der Waals surface area contributed by atoms with Crippen LogP contribution in [0.15, 0.2) is 0 Å². The number of hydrogen-bond acceptors (Lipinski definition) is 4. The summed E-state index contributed by atoms with van der Waals surface area (Å²) in [5.41, 5.74) is 0. The quantitative estimate of drug-likeness (QED) is 0.339. The number of esters is 1. The topological polar surface area (TPSA) is 55.8 Å². The maximum Gasteiger partial charge on any atom is 0.310 e. The summed E-state index contributed by atoms with van der Waals surface area (Å²) in [5, 5.41) is 9.24. The maximum atomic E-state index is 11.8. The Hall–Kier alpha value is -0.433. The average molecular weight is 321 g/mol. The number of nitrogens with zero attached hydrogens (tertiary/aromatic N) is 1. The second-order valence-electron chi connectivity index (χ2n) is 8.27. The first kappa shape index (κ1) is 20.6. The van der Waals surface area contributed by atoms with Gasteiger partial charge in [0.25, 0.3) is 0 Å². The van der Waals surface area contributed by atoms with Gasteiger partial charge in [0, 0.05) is 0 Å². The Morgan fingerprint density at radius 3 is 2.05 bits per heavy atom. The Bertz CT molecular complexity index is 343. The molecule has 0 aliphatic heterocycles. The predicted molar refractivity (Wildman–Crippen MR) is 87.4 cm³/mol. The summed E-state index contributed by atoms with van der Waals surface area (Å²) in [4.78, 5) is 11.8. The number of rotatable bonds is 7. The number of ether oxygens (including phenoxy) is 1. The minimum atomic E-state index is -1.95. The van der Waals surface area contributed by atoms with Crippen molar-refractivity contribution in [2.75, 3.05) is 27.7 Å². The molecule has 126 valence electrons. The van der Waals surface area contributed by atoms with Crippen LogP contribution in [0.5, 0.6) is 0 Å². The molecule has 0 radical (unpaired) electrons. The standard InChI is InChI=1S/C15H34NO4Si/c1-12(17)19-14(18)10-13(11-16(5,6)7)20-21(8,9)15(2,3)4/h12-13,17H,10-11H2,1-9H3/q+1. The molecule has 21 heavy (non-hydrogen) atoms. The molecule has 1 N–H and O–H groups in total. The molecule has 2 atom stereocenters. The zero-order chi connectivity index (χ0) is 17.1. The molecule has 0 heterocycles. The van der Waals surface area contributed by atoms with Crippen molar-refractivity contribution in [3.63, 3.8) is 0 Å². The van der Waals surface area contributed by atoms with Crippen molar-refractivity contribution < 1.29 is 23.5 Å². The second kappa shape index (κ2) is 7.22. The van der Waals surface area contributed by atoms with Crippen LogP contribution in [0.25, 0.3) is 0 Å². The van der Waals surface area contributed by atoms with E-state index < -0.39 is 20.6 Å². The molecule has 0 aromatic rings. The van der Waals surface area contributed by atoms with E-state index in [1.165, 1.54) is 6.92 Å². The van der Waals surface area contributed by atoms with E-state index in [0.29, 0.717) is 4.48 Å². The Morgan fingerprint density at radius 1 is 1.24 bits per heavy atom. The molecule has 0 fully saturated rings. The highest BCUT2D eigenvalue weighted by atomic mass is 28.4. The molecule has 0 saturated heterocycles. The Labute approximate surface area is 131 Å². The van der Waals surface area contributed by atoms with Crippen LogP contribution in [0, 0.1) is 0 Å². The fraction of sp³-hybridized carbons (Fsp3) is 0.933. The van der Waals surface area contributed by atoms with Gasteiger partial charge in [-0.05, 0) is 25.1 Å². The third kappa shape index (κ3) is 8.56. The van der Waals surface area contributed by atoms with Crippen molar-refractivity contribution >= 4 is 14.3 Å². The second-order valence-corrected chi connectivity index (χ2v) is 13.0.